The molecule has 14 heteroatoms. The van der Waals surface area contributed by atoms with Gasteiger partial charge in [0.05, 0.1) is 47.0 Å². The molecule has 11 nitrogen and oxygen atoms in total. The number of hydrogen-bond acceptors (Lipinski definition) is 8. The molecule has 0 aromatic carbocycles. The maximum Gasteiger partial charge on any atom is 0.264 e. The molecule has 0 aliphatic heterocycles. The van der Waals surface area contributed by atoms with Crippen molar-refractivity contribution in [2.75, 3.05) is 11.9 Å². The van der Waals surface area contributed by atoms with Gasteiger partial charge in [-0.1, -0.05) is 0 Å². The smallest absolute Gasteiger partial charge is 0.264 e. The second-order valence-electron chi connectivity index (χ2n) is 9.31. The Morgan fingerprint density at radius 1 is 1.21 bits per heavy atom. The number of carbonyl (C=O) groups is 1. The predicted molar refractivity (Wildman–Crippen MR) is 131 cm³/mol. The minimum atomic E-state index is -2.98. The molecule has 1 unspecified atom stereocenters. The highest BCUT2D eigenvalue weighted by atomic mass is 19.3. The van der Waals surface area contributed by atoms with Crippen molar-refractivity contribution in [2.45, 2.75) is 45.0 Å². The summed E-state index contributed by atoms with van der Waals surface area (Å²) < 4.78 is 43.6. The standard InChI is InChI=1S/C24H24F3N9O2/c1-23(2,38)19(25)12-31-22(37)15-10-29-17(18-11-30-21-6-14(8-28)9-32-36(18)21)7-16(15)33-20-4-5-35(34-20)13-24(3,26)27/h4-7,9-11,19,38H,12-13H2,1-3H3,(H,31,37)(H,29,33,34). The lowest BCUT2D eigenvalue weighted by Gasteiger charge is -2.22. The molecule has 4 rings (SSSR count). The van der Waals surface area contributed by atoms with Crippen molar-refractivity contribution in [3.63, 3.8) is 0 Å². The van der Waals surface area contributed by atoms with Crippen molar-refractivity contribution in [1.82, 2.24) is 34.7 Å². The first-order valence-corrected chi connectivity index (χ1v) is 11.4. The van der Waals surface area contributed by atoms with Crippen LogP contribution in [0.4, 0.5) is 24.7 Å². The number of nitriles is 1. The zero-order valence-electron chi connectivity index (χ0n) is 20.7. The quantitative estimate of drug-likeness (QED) is 0.301. The number of rotatable bonds is 9. The van der Waals surface area contributed by atoms with Crippen LogP contribution < -0.4 is 10.6 Å². The number of hydrogen-bond donors (Lipinski definition) is 3. The lowest BCUT2D eigenvalue weighted by molar-refractivity contribution is -0.00186. The molecule has 198 valence electrons. The number of pyridine rings is 1. The van der Waals surface area contributed by atoms with Gasteiger partial charge in [0.1, 0.15) is 24.5 Å². The van der Waals surface area contributed by atoms with Crippen LogP contribution in [0, 0.1) is 11.3 Å². The highest BCUT2D eigenvalue weighted by Gasteiger charge is 2.27. The van der Waals surface area contributed by atoms with Crippen LogP contribution >= 0.6 is 0 Å². The minimum absolute atomic E-state index is 0.0145. The average Bonchev–Trinajstić information content (AvgIpc) is 3.46. The van der Waals surface area contributed by atoms with Crippen molar-refractivity contribution >= 4 is 23.1 Å². The van der Waals surface area contributed by atoms with Gasteiger partial charge in [0, 0.05) is 31.5 Å². The van der Waals surface area contributed by atoms with Gasteiger partial charge in [0.15, 0.2) is 11.5 Å². The van der Waals surface area contributed by atoms with Crippen molar-refractivity contribution in [3.05, 3.63) is 54.1 Å². The molecule has 0 saturated heterocycles. The highest BCUT2D eigenvalue weighted by molar-refractivity contribution is 6.00. The summed E-state index contributed by atoms with van der Waals surface area (Å²) in [7, 11) is 0. The summed E-state index contributed by atoms with van der Waals surface area (Å²) in [6.45, 7) is 2.24. The van der Waals surface area contributed by atoms with Gasteiger partial charge in [0.2, 0.25) is 0 Å². The van der Waals surface area contributed by atoms with Crippen LogP contribution in [-0.4, -0.2) is 64.6 Å². The number of alkyl halides is 3. The van der Waals surface area contributed by atoms with E-state index in [9.17, 15) is 23.1 Å². The van der Waals surface area contributed by atoms with Crippen molar-refractivity contribution in [1.29, 1.82) is 5.26 Å². The molecule has 4 aromatic rings. The van der Waals surface area contributed by atoms with E-state index in [4.69, 9.17) is 5.26 Å². The van der Waals surface area contributed by atoms with E-state index in [2.05, 4.69) is 30.8 Å². The Bertz CT molecular complexity index is 1510. The zero-order valence-corrected chi connectivity index (χ0v) is 20.7. The first-order valence-electron chi connectivity index (χ1n) is 11.4. The molecule has 4 aromatic heterocycles. The van der Waals surface area contributed by atoms with Gasteiger partial charge < -0.3 is 15.7 Å². The van der Waals surface area contributed by atoms with Gasteiger partial charge in [-0.15, -0.1) is 0 Å². The molecule has 0 spiro atoms. The number of amides is 1. The molecular weight excluding hydrogens is 503 g/mol. The number of nitrogens with one attached hydrogen (secondary N) is 2. The molecule has 1 atom stereocenters. The number of nitrogens with zero attached hydrogens (tertiary/aromatic N) is 7. The molecule has 0 radical (unpaired) electrons. The Morgan fingerprint density at radius 2 is 1.97 bits per heavy atom. The molecular formula is C24H24F3N9O2. The fourth-order valence-electron chi connectivity index (χ4n) is 3.46. The summed E-state index contributed by atoms with van der Waals surface area (Å²) in [4.78, 5) is 21.5. The molecule has 0 saturated carbocycles. The van der Waals surface area contributed by atoms with Gasteiger partial charge in [-0.25, -0.2) is 22.7 Å². The SMILES string of the molecule is CC(F)(F)Cn1ccc(Nc2cc(-c3cnc4cc(C#N)cnn34)ncc2C(=O)NCC(F)C(C)(C)O)n1. The van der Waals surface area contributed by atoms with E-state index in [-0.39, 0.29) is 17.1 Å². The van der Waals surface area contributed by atoms with E-state index in [0.717, 1.165) is 11.6 Å². The van der Waals surface area contributed by atoms with Crippen molar-refractivity contribution < 1.29 is 23.1 Å². The third-order valence-corrected chi connectivity index (χ3v) is 5.45. The van der Waals surface area contributed by atoms with Gasteiger partial charge in [-0.05, 0) is 19.9 Å². The maximum absolute atomic E-state index is 14.2. The van der Waals surface area contributed by atoms with Crippen LogP contribution in [0.25, 0.3) is 17.0 Å². The lowest BCUT2D eigenvalue weighted by atomic mass is 10.0. The number of aromatic nitrogens is 6. The predicted octanol–water partition coefficient (Wildman–Crippen LogP) is 3.10. The minimum Gasteiger partial charge on any atom is -0.387 e. The van der Waals surface area contributed by atoms with E-state index in [0.29, 0.717) is 22.6 Å². The number of aliphatic hydroxyl groups is 1. The molecule has 4 heterocycles. The summed E-state index contributed by atoms with van der Waals surface area (Å²) in [5.74, 6) is -3.49. The van der Waals surface area contributed by atoms with Gasteiger partial charge in [-0.3, -0.25) is 14.5 Å². The van der Waals surface area contributed by atoms with Crippen LogP contribution in [0.3, 0.4) is 0 Å². The van der Waals surface area contributed by atoms with Gasteiger partial charge in [0.25, 0.3) is 11.8 Å². The second-order valence-corrected chi connectivity index (χ2v) is 9.31. The summed E-state index contributed by atoms with van der Waals surface area (Å²) in [6.07, 6.45) is 3.74. The Labute approximate surface area is 214 Å². The molecule has 0 aliphatic carbocycles. The normalized spacial score (nSPS) is 12.8. The van der Waals surface area contributed by atoms with Crippen LogP contribution in [0.1, 0.15) is 36.7 Å². The number of fused-ring (bicyclic) bond motifs is 1. The van der Waals surface area contributed by atoms with Crippen molar-refractivity contribution in [2.24, 2.45) is 0 Å². The average molecular weight is 528 g/mol. The monoisotopic (exact) mass is 527 g/mol. The summed E-state index contributed by atoms with van der Waals surface area (Å²) >= 11 is 0. The fourth-order valence-corrected chi connectivity index (χ4v) is 3.46. The van der Waals surface area contributed by atoms with Crippen LogP contribution in [0.15, 0.2) is 43.0 Å². The molecule has 0 aliphatic rings. The summed E-state index contributed by atoms with van der Waals surface area (Å²) in [5, 5.41) is 32.6. The molecule has 3 N–H and O–H groups in total. The first-order chi connectivity index (χ1) is 17.8. The second kappa shape index (κ2) is 10.1. The Kier molecular flexibility index (Phi) is 7.05. The third kappa shape index (κ3) is 6.06. The van der Waals surface area contributed by atoms with Crippen molar-refractivity contribution in [3.8, 4) is 17.5 Å². The summed E-state index contributed by atoms with van der Waals surface area (Å²) in [6, 6.07) is 6.50. The van der Waals surface area contributed by atoms with Crippen LogP contribution in [0.5, 0.6) is 0 Å². The van der Waals surface area contributed by atoms with E-state index in [1.165, 1.54) is 55.3 Å². The van der Waals surface area contributed by atoms with Crippen LogP contribution in [0.2, 0.25) is 0 Å². The molecule has 38 heavy (non-hydrogen) atoms. The molecule has 0 fully saturated rings. The summed E-state index contributed by atoms with van der Waals surface area (Å²) in [5.41, 5.74) is 0.0598. The highest BCUT2D eigenvalue weighted by Crippen LogP contribution is 2.27. The third-order valence-electron chi connectivity index (χ3n) is 5.45. The topological polar surface area (TPSA) is 146 Å². The van der Waals surface area contributed by atoms with Gasteiger partial charge in [-0.2, -0.15) is 15.5 Å². The lowest BCUT2D eigenvalue weighted by Crippen LogP contribution is -2.42. The number of halogens is 3. The van der Waals surface area contributed by atoms with Gasteiger partial charge >= 0.3 is 0 Å². The zero-order chi connectivity index (χ0) is 27.7. The largest absolute Gasteiger partial charge is 0.387 e. The number of anilines is 2. The van der Waals surface area contributed by atoms with E-state index in [1.54, 1.807) is 6.07 Å². The number of imidazole rings is 1. The van der Waals surface area contributed by atoms with E-state index < -0.39 is 36.7 Å². The molecule has 1 amide bonds. The Balaban J connectivity index is 1.69. The van der Waals surface area contributed by atoms with E-state index >= 15 is 0 Å². The Morgan fingerprint density at radius 3 is 2.66 bits per heavy atom. The van der Waals surface area contributed by atoms with E-state index in [1.807, 2.05) is 6.07 Å². The molecule has 0 bridgehead atoms. The Hall–Kier alpha value is -4.51. The van der Waals surface area contributed by atoms with Crippen LogP contribution in [-0.2, 0) is 6.54 Å². The maximum atomic E-state index is 14.2. The number of carbonyl (C=O) groups excluding carboxylic acids is 1. The first kappa shape index (κ1) is 26.6. The fraction of sp³-hybridized carbons (Fsp3) is 0.333.